The normalized spacial score (nSPS) is 18.7. The molecule has 3 atom stereocenters. The number of fused-ring (bicyclic) bond motifs is 1. The van der Waals surface area contributed by atoms with Crippen molar-refractivity contribution in [1.82, 2.24) is 24.4 Å². The quantitative estimate of drug-likeness (QED) is 0.507. The Labute approximate surface area is 190 Å². The molecule has 3 rings (SSSR count). The number of nitrogens with zero attached hydrogens (tertiary/aromatic N) is 4. The van der Waals surface area contributed by atoms with Gasteiger partial charge in [0, 0.05) is 25.8 Å². The fourth-order valence-electron chi connectivity index (χ4n) is 4.84. The average molecular weight is 449 g/mol. The number of likely N-dealkylation sites (tertiary alicyclic amines) is 1. The fourth-order valence-corrected chi connectivity index (χ4v) is 4.84. The molecule has 2 unspecified atom stereocenters. The van der Waals surface area contributed by atoms with Gasteiger partial charge >= 0.3 is 11.7 Å². The third kappa shape index (κ3) is 5.61. The van der Waals surface area contributed by atoms with E-state index >= 15 is 0 Å². The number of rotatable bonds is 11. The predicted octanol–water partition coefficient (Wildman–Crippen LogP) is 3.36. The number of hydrogen-bond donors (Lipinski definition) is 2. The number of imidazole rings is 1. The molecule has 0 aromatic carbocycles. The van der Waals surface area contributed by atoms with Gasteiger partial charge in [0.05, 0.1) is 6.10 Å². The number of nitrogens with one attached hydrogen (secondary N) is 1. The molecule has 0 radical (unpaired) electrons. The van der Waals surface area contributed by atoms with E-state index in [1.165, 1.54) is 0 Å². The monoisotopic (exact) mass is 448 g/mol. The van der Waals surface area contributed by atoms with Crippen molar-refractivity contribution >= 4 is 17.0 Å². The maximum Gasteiger partial charge on any atom is 0.328 e. The Bertz CT molecular complexity index is 918. The molecule has 32 heavy (non-hydrogen) atoms. The number of H-pyrrole nitrogens is 1. The Morgan fingerprint density at radius 1 is 1.19 bits per heavy atom. The Morgan fingerprint density at radius 2 is 1.91 bits per heavy atom. The summed E-state index contributed by atoms with van der Waals surface area (Å²) in [5.41, 5.74) is 6.97. The van der Waals surface area contributed by atoms with E-state index in [1.54, 1.807) is 11.7 Å². The predicted molar refractivity (Wildman–Crippen MR) is 127 cm³/mol. The van der Waals surface area contributed by atoms with Gasteiger partial charge in [-0.15, -0.1) is 0 Å². The number of ether oxygens (including phenoxy) is 2. The number of nitrogens with two attached hydrogens (primary N) is 1. The Balaban J connectivity index is 1.74. The van der Waals surface area contributed by atoms with Crippen LogP contribution in [0.2, 0.25) is 0 Å². The molecule has 9 heteroatoms. The van der Waals surface area contributed by atoms with Crippen molar-refractivity contribution in [2.24, 2.45) is 5.92 Å². The molecule has 1 saturated heterocycles. The molecule has 1 aliphatic rings. The SMILES string of the molecule is CCC[C@H](C)Oc1nc(N)c2[nH]c(=O)n(C(C)C3CCN(C(C)CCCOC)CC3)c2n1. The van der Waals surface area contributed by atoms with Crippen molar-refractivity contribution in [3.63, 3.8) is 0 Å². The lowest BCUT2D eigenvalue weighted by Crippen LogP contribution is -2.42. The molecule has 3 heterocycles. The Hall–Kier alpha value is -2.13. The first-order chi connectivity index (χ1) is 15.3. The maximum absolute atomic E-state index is 12.9. The van der Waals surface area contributed by atoms with E-state index in [2.05, 4.69) is 40.6 Å². The summed E-state index contributed by atoms with van der Waals surface area (Å²) in [6.45, 7) is 11.4. The molecule has 180 valence electrons. The van der Waals surface area contributed by atoms with Crippen LogP contribution in [0.5, 0.6) is 6.01 Å². The van der Waals surface area contributed by atoms with E-state index in [-0.39, 0.29) is 29.7 Å². The first-order valence-electron chi connectivity index (χ1n) is 12.0. The van der Waals surface area contributed by atoms with E-state index in [4.69, 9.17) is 15.2 Å². The van der Waals surface area contributed by atoms with Crippen molar-refractivity contribution in [3.05, 3.63) is 10.5 Å². The van der Waals surface area contributed by atoms with E-state index in [1.807, 2.05) is 6.92 Å². The number of methoxy groups -OCH3 is 1. The standard InChI is InChI=1S/C23H40N6O3/c1-6-8-16(3)32-22-26-20(24)19-21(27-22)29(23(30)25-19)17(4)18-10-12-28(13-11-18)15(2)9-7-14-31-5/h15-18H,6-14H2,1-5H3,(H,25,30)(H2,24,26,27)/t15?,16-,17?/m0/s1. The van der Waals surface area contributed by atoms with Gasteiger partial charge in [-0.2, -0.15) is 9.97 Å². The van der Waals surface area contributed by atoms with Crippen LogP contribution in [-0.4, -0.2) is 63.4 Å². The second-order valence-electron chi connectivity index (χ2n) is 9.21. The van der Waals surface area contributed by atoms with Gasteiger partial charge in [0.1, 0.15) is 5.52 Å². The topological polar surface area (TPSA) is 111 Å². The van der Waals surface area contributed by atoms with E-state index in [0.29, 0.717) is 23.1 Å². The molecule has 0 amide bonds. The van der Waals surface area contributed by atoms with Crippen LogP contribution in [0.25, 0.3) is 11.2 Å². The minimum atomic E-state index is -0.192. The van der Waals surface area contributed by atoms with Gasteiger partial charge < -0.3 is 25.1 Å². The molecule has 2 aromatic rings. The van der Waals surface area contributed by atoms with Gasteiger partial charge in [0.15, 0.2) is 11.5 Å². The van der Waals surface area contributed by atoms with Gasteiger partial charge in [-0.1, -0.05) is 13.3 Å². The highest BCUT2D eigenvalue weighted by atomic mass is 16.5. The number of hydrogen-bond acceptors (Lipinski definition) is 7. The first-order valence-corrected chi connectivity index (χ1v) is 12.0. The van der Waals surface area contributed by atoms with Crippen LogP contribution in [0.15, 0.2) is 4.79 Å². The zero-order valence-corrected chi connectivity index (χ0v) is 20.3. The van der Waals surface area contributed by atoms with Crippen molar-refractivity contribution in [3.8, 4) is 6.01 Å². The maximum atomic E-state index is 12.9. The molecule has 0 aliphatic carbocycles. The minimum Gasteiger partial charge on any atom is -0.460 e. The van der Waals surface area contributed by atoms with E-state index in [9.17, 15) is 4.79 Å². The summed E-state index contributed by atoms with van der Waals surface area (Å²) in [4.78, 5) is 27.1. The lowest BCUT2D eigenvalue weighted by Gasteiger charge is -2.38. The summed E-state index contributed by atoms with van der Waals surface area (Å²) in [6, 6.07) is 0.794. The van der Waals surface area contributed by atoms with Gasteiger partial charge in [-0.05, 0) is 71.9 Å². The van der Waals surface area contributed by atoms with Crippen molar-refractivity contribution in [2.75, 3.05) is 32.5 Å². The van der Waals surface area contributed by atoms with Crippen molar-refractivity contribution < 1.29 is 9.47 Å². The molecular formula is C23H40N6O3. The molecule has 0 saturated carbocycles. The molecule has 1 fully saturated rings. The van der Waals surface area contributed by atoms with Gasteiger partial charge in [0.2, 0.25) is 0 Å². The number of anilines is 1. The molecule has 0 bridgehead atoms. The third-order valence-electron chi connectivity index (χ3n) is 6.84. The second-order valence-corrected chi connectivity index (χ2v) is 9.21. The molecule has 0 spiro atoms. The van der Waals surface area contributed by atoms with Gasteiger partial charge in [-0.3, -0.25) is 4.57 Å². The highest BCUT2D eigenvalue weighted by Gasteiger charge is 2.29. The fraction of sp³-hybridized carbons (Fsp3) is 0.783. The molecule has 3 N–H and O–H groups in total. The lowest BCUT2D eigenvalue weighted by atomic mass is 9.89. The Kier molecular flexibility index (Phi) is 8.53. The number of piperidine rings is 1. The largest absolute Gasteiger partial charge is 0.460 e. The molecule has 2 aromatic heterocycles. The molecule has 9 nitrogen and oxygen atoms in total. The zero-order valence-electron chi connectivity index (χ0n) is 20.3. The summed E-state index contributed by atoms with van der Waals surface area (Å²) >= 11 is 0. The number of aromatic nitrogens is 4. The zero-order chi connectivity index (χ0) is 23.3. The summed E-state index contributed by atoms with van der Waals surface area (Å²) in [5.74, 6) is 0.644. The minimum absolute atomic E-state index is 0.0106. The number of aromatic amines is 1. The van der Waals surface area contributed by atoms with Crippen molar-refractivity contribution in [1.29, 1.82) is 0 Å². The lowest BCUT2D eigenvalue weighted by molar-refractivity contribution is 0.107. The van der Waals surface area contributed by atoms with Crippen LogP contribution < -0.4 is 16.2 Å². The Morgan fingerprint density at radius 3 is 2.56 bits per heavy atom. The summed E-state index contributed by atoms with van der Waals surface area (Å²) in [5, 5.41) is 0. The van der Waals surface area contributed by atoms with Crippen LogP contribution in [0.4, 0.5) is 5.82 Å². The van der Waals surface area contributed by atoms with Crippen LogP contribution >= 0.6 is 0 Å². The van der Waals surface area contributed by atoms with Crippen LogP contribution in [-0.2, 0) is 4.74 Å². The highest BCUT2D eigenvalue weighted by Crippen LogP contribution is 2.31. The van der Waals surface area contributed by atoms with Crippen LogP contribution in [0.3, 0.4) is 0 Å². The van der Waals surface area contributed by atoms with Gasteiger partial charge in [0.25, 0.3) is 0 Å². The summed E-state index contributed by atoms with van der Waals surface area (Å²) in [6.07, 6.45) is 6.23. The summed E-state index contributed by atoms with van der Waals surface area (Å²) in [7, 11) is 1.75. The average Bonchev–Trinajstić information content (AvgIpc) is 3.10. The van der Waals surface area contributed by atoms with E-state index < -0.39 is 0 Å². The molecule has 1 aliphatic heterocycles. The molecular weight excluding hydrogens is 408 g/mol. The van der Waals surface area contributed by atoms with Gasteiger partial charge in [-0.25, -0.2) is 4.79 Å². The smallest absolute Gasteiger partial charge is 0.328 e. The van der Waals surface area contributed by atoms with Crippen molar-refractivity contribution in [2.45, 2.75) is 84.4 Å². The van der Waals surface area contributed by atoms with Crippen LogP contribution in [0, 0.1) is 5.92 Å². The summed E-state index contributed by atoms with van der Waals surface area (Å²) < 4.78 is 12.8. The number of nitrogen functional groups attached to an aromatic ring is 1. The first kappa shape index (κ1) is 24.5. The van der Waals surface area contributed by atoms with Crippen LogP contribution in [0.1, 0.15) is 72.3 Å². The van der Waals surface area contributed by atoms with E-state index in [0.717, 1.165) is 58.2 Å². The third-order valence-corrected chi connectivity index (χ3v) is 6.84. The second kappa shape index (κ2) is 11.1. The highest BCUT2D eigenvalue weighted by molar-refractivity contribution is 5.82.